The predicted molar refractivity (Wildman–Crippen MR) is 80.8 cm³/mol. The first-order valence-corrected chi connectivity index (χ1v) is 8.28. The number of carbonyl (C=O) groups is 1. The molecule has 8 heteroatoms. The second-order valence-corrected chi connectivity index (χ2v) is 5.98. The van der Waals surface area contributed by atoms with Gasteiger partial charge in [-0.05, 0) is 26.0 Å². The highest BCUT2D eigenvalue weighted by molar-refractivity contribution is 7.52. The van der Waals surface area contributed by atoms with E-state index in [2.05, 4.69) is 5.09 Å². The lowest BCUT2D eigenvalue weighted by molar-refractivity contribution is 0.0933. The quantitative estimate of drug-likeness (QED) is 0.821. The van der Waals surface area contributed by atoms with E-state index in [1.807, 2.05) is 0 Å². The Hall–Kier alpha value is -1.95. The molecule has 0 saturated carbocycles. The fourth-order valence-electron chi connectivity index (χ4n) is 1.84. The highest BCUT2D eigenvalue weighted by atomic mass is 31.2. The van der Waals surface area contributed by atoms with E-state index in [9.17, 15) is 14.2 Å². The van der Waals surface area contributed by atoms with Gasteiger partial charge in [0.25, 0.3) is 5.91 Å². The van der Waals surface area contributed by atoms with Gasteiger partial charge in [0.2, 0.25) is 0 Å². The Bertz CT molecular complexity index is 774. The fourth-order valence-corrected chi connectivity index (χ4v) is 3.08. The minimum Gasteiger partial charge on any atom is -0.451 e. The number of carbonyl (C=O) groups excluding carboxylic acids is 1. The molecule has 1 aromatic carbocycles. The van der Waals surface area contributed by atoms with Crippen LogP contribution in [-0.2, 0) is 13.6 Å². The Kier molecular flexibility index (Phi) is 5.13. The van der Waals surface area contributed by atoms with Crippen LogP contribution in [-0.4, -0.2) is 19.1 Å². The SMILES string of the molecule is CCOP(=O)(NC(=O)c1cc(=O)c2ccccc2o1)OCC. The van der Waals surface area contributed by atoms with Crippen LogP contribution in [0.4, 0.5) is 0 Å². The van der Waals surface area contributed by atoms with Crippen molar-refractivity contribution in [1.29, 1.82) is 0 Å². The summed E-state index contributed by atoms with van der Waals surface area (Å²) in [5.41, 5.74) is -0.0996. The van der Waals surface area contributed by atoms with E-state index in [1.165, 1.54) is 0 Å². The van der Waals surface area contributed by atoms with Crippen LogP contribution in [0.15, 0.2) is 39.5 Å². The van der Waals surface area contributed by atoms with Gasteiger partial charge in [0.15, 0.2) is 11.2 Å². The maximum atomic E-state index is 12.2. The number of rotatable bonds is 6. The van der Waals surface area contributed by atoms with Crippen LogP contribution >= 0.6 is 7.75 Å². The molecule has 0 saturated heterocycles. The van der Waals surface area contributed by atoms with Crippen molar-refractivity contribution < 1.29 is 22.8 Å². The van der Waals surface area contributed by atoms with Gasteiger partial charge in [0.05, 0.1) is 18.6 Å². The van der Waals surface area contributed by atoms with Crippen molar-refractivity contribution in [2.45, 2.75) is 13.8 Å². The molecule has 7 nitrogen and oxygen atoms in total. The van der Waals surface area contributed by atoms with Crippen molar-refractivity contribution in [3.8, 4) is 0 Å². The van der Waals surface area contributed by atoms with Crippen LogP contribution in [0.2, 0.25) is 0 Å². The molecule has 1 amide bonds. The first-order valence-electron chi connectivity index (χ1n) is 6.73. The molecule has 0 aliphatic rings. The Morgan fingerprint density at radius 2 is 1.86 bits per heavy atom. The van der Waals surface area contributed by atoms with Crippen LogP contribution in [0.3, 0.4) is 0 Å². The van der Waals surface area contributed by atoms with Crippen LogP contribution in [0.25, 0.3) is 11.0 Å². The third kappa shape index (κ3) is 3.62. The lowest BCUT2D eigenvalue weighted by atomic mass is 10.2. The Balaban J connectivity index is 2.33. The maximum absolute atomic E-state index is 12.2. The molecule has 0 fully saturated rings. The van der Waals surface area contributed by atoms with Gasteiger partial charge >= 0.3 is 7.75 Å². The van der Waals surface area contributed by atoms with Gasteiger partial charge in [-0.3, -0.25) is 23.7 Å². The number of amides is 1. The number of para-hydroxylation sites is 1. The first-order chi connectivity index (χ1) is 10.5. The van der Waals surface area contributed by atoms with Gasteiger partial charge in [0, 0.05) is 6.07 Å². The molecule has 2 rings (SSSR count). The van der Waals surface area contributed by atoms with E-state index in [4.69, 9.17) is 13.5 Å². The van der Waals surface area contributed by atoms with Crippen molar-refractivity contribution in [3.05, 3.63) is 46.3 Å². The normalized spacial score (nSPS) is 11.5. The van der Waals surface area contributed by atoms with E-state index in [0.29, 0.717) is 5.39 Å². The molecule has 0 atom stereocenters. The minimum atomic E-state index is -3.78. The molecule has 22 heavy (non-hydrogen) atoms. The summed E-state index contributed by atoms with van der Waals surface area (Å²) in [6, 6.07) is 7.57. The van der Waals surface area contributed by atoms with Crippen LogP contribution in [0, 0.1) is 0 Å². The number of benzene rings is 1. The van der Waals surface area contributed by atoms with E-state index < -0.39 is 13.7 Å². The molecule has 1 heterocycles. The summed E-state index contributed by atoms with van der Waals surface area (Å²) in [5, 5.41) is 2.50. The largest absolute Gasteiger partial charge is 0.451 e. The topological polar surface area (TPSA) is 94.8 Å². The second kappa shape index (κ2) is 6.87. The Morgan fingerprint density at radius 1 is 1.23 bits per heavy atom. The molecule has 118 valence electrons. The van der Waals surface area contributed by atoms with E-state index >= 15 is 0 Å². The molecule has 0 bridgehead atoms. The summed E-state index contributed by atoms with van der Waals surface area (Å²) in [5.74, 6) is -1.10. The summed E-state index contributed by atoms with van der Waals surface area (Å²) in [6.45, 7) is 3.43. The van der Waals surface area contributed by atoms with Crippen LogP contribution < -0.4 is 10.5 Å². The predicted octanol–water partition coefficient (Wildman–Crippen LogP) is 2.70. The maximum Gasteiger partial charge on any atom is 0.435 e. The summed E-state index contributed by atoms with van der Waals surface area (Å²) < 4.78 is 27.5. The van der Waals surface area contributed by atoms with Crippen molar-refractivity contribution in [3.63, 3.8) is 0 Å². The zero-order valence-electron chi connectivity index (χ0n) is 12.2. The molecule has 1 aromatic heterocycles. The van der Waals surface area contributed by atoms with Gasteiger partial charge in [0.1, 0.15) is 5.58 Å². The van der Waals surface area contributed by atoms with Crippen molar-refractivity contribution >= 4 is 24.6 Å². The minimum absolute atomic E-state index is 0.0965. The van der Waals surface area contributed by atoms with Gasteiger partial charge in [-0.2, -0.15) is 0 Å². The number of hydrogen-bond acceptors (Lipinski definition) is 6. The highest BCUT2D eigenvalue weighted by Crippen LogP contribution is 2.43. The summed E-state index contributed by atoms with van der Waals surface area (Å²) in [7, 11) is -3.78. The number of fused-ring (bicyclic) bond motifs is 1. The molecule has 0 radical (unpaired) electrons. The van der Waals surface area contributed by atoms with Crippen LogP contribution in [0.1, 0.15) is 24.4 Å². The molecule has 1 N–H and O–H groups in total. The molecular formula is C14H16NO6P. The third-order valence-corrected chi connectivity index (χ3v) is 4.37. The summed E-state index contributed by atoms with van der Waals surface area (Å²) in [6.07, 6.45) is 0. The number of hydrogen-bond donors (Lipinski definition) is 1. The second-order valence-electron chi connectivity index (χ2n) is 4.25. The standard InChI is InChI=1S/C14H16NO6P/c1-3-19-22(18,20-4-2)15-14(17)13-9-11(16)10-7-5-6-8-12(10)21-13/h5-9H,3-4H2,1-2H3,(H,15,17,18). The third-order valence-electron chi connectivity index (χ3n) is 2.70. The summed E-state index contributed by atoms with van der Waals surface area (Å²) in [4.78, 5) is 24.1. The fraction of sp³-hybridized carbons (Fsp3) is 0.286. The lowest BCUT2D eigenvalue weighted by Gasteiger charge is -2.17. The molecule has 2 aromatic rings. The molecular weight excluding hydrogens is 309 g/mol. The zero-order valence-corrected chi connectivity index (χ0v) is 13.1. The van der Waals surface area contributed by atoms with Gasteiger partial charge in [-0.15, -0.1) is 0 Å². The van der Waals surface area contributed by atoms with Gasteiger partial charge < -0.3 is 4.42 Å². The Morgan fingerprint density at radius 3 is 2.50 bits per heavy atom. The molecule has 0 aliphatic heterocycles. The average molecular weight is 325 g/mol. The average Bonchev–Trinajstić information content (AvgIpc) is 2.47. The smallest absolute Gasteiger partial charge is 0.435 e. The van der Waals surface area contributed by atoms with Crippen molar-refractivity contribution in [2.75, 3.05) is 13.2 Å². The highest BCUT2D eigenvalue weighted by Gasteiger charge is 2.28. The van der Waals surface area contributed by atoms with Crippen molar-refractivity contribution in [2.24, 2.45) is 0 Å². The van der Waals surface area contributed by atoms with E-state index in [-0.39, 0.29) is 30.0 Å². The first kappa shape index (κ1) is 16.4. The zero-order chi connectivity index (χ0) is 16.2. The van der Waals surface area contributed by atoms with Gasteiger partial charge in [-0.1, -0.05) is 12.1 Å². The van der Waals surface area contributed by atoms with E-state index in [1.54, 1.807) is 38.1 Å². The van der Waals surface area contributed by atoms with Crippen molar-refractivity contribution in [1.82, 2.24) is 5.09 Å². The van der Waals surface area contributed by atoms with Crippen LogP contribution in [0.5, 0.6) is 0 Å². The number of nitrogens with one attached hydrogen (secondary N) is 1. The molecule has 0 unspecified atom stereocenters. The summed E-state index contributed by atoms with van der Waals surface area (Å²) >= 11 is 0. The Labute approximate surface area is 126 Å². The monoisotopic (exact) mass is 325 g/mol. The molecule has 0 spiro atoms. The van der Waals surface area contributed by atoms with E-state index in [0.717, 1.165) is 6.07 Å². The lowest BCUT2D eigenvalue weighted by Crippen LogP contribution is -2.24. The molecule has 0 aliphatic carbocycles. The van der Waals surface area contributed by atoms with Gasteiger partial charge in [-0.25, -0.2) is 4.57 Å².